The molecule has 2 aromatic carbocycles. The van der Waals surface area contributed by atoms with Crippen molar-refractivity contribution < 1.29 is 0 Å². The smallest absolute Gasteiger partial charge is 0.0641 e. The molecule has 0 amide bonds. The molecule has 100 valence electrons. The molecule has 0 aromatic heterocycles. The second-order valence-electron chi connectivity index (χ2n) is 4.75. The van der Waals surface area contributed by atoms with Crippen molar-refractivity contribution in [2.75, 3.05) is 11.9 Å². The summed E-state index contributed by atoms with van der Waals surface area (Å²) in [5.41, 5.74) is 10.7. The molecular formula is C16H19ClN2. The zero-order chi connectivity index (χ0) is 13.8. The molecule has 2 aromatic rings. The lowest BCUT2D eigenvalue weighted by molar-refractivity contribution is 0.777. The van der Waals surface area contributed by atoms with Gasteiger partial charge in [-0.05, 0) is 48.7 Å². The van der Waals surface area contributed by atoms with Crippen LogP contribution in [0.2, 0.25) is 5.02 Å². The van der Waals surface area contributed by atoms with E-state index < -0.39 is 0 Å². The minimum absolute atomic E-state index is 0.0969. The van der Waals surface area contributed by atoms with Gasteiger partial charge >= 0.3 is 0 Å². The number of nitrogens with two attached hydrogens (primary N) is 1. The van der Waals surface area contributed by atoms with Gasteiger partial charge in [0.2, 0.25) is 0 Å². The number of benzene rings is 2. The van der Waals surface area contributed by atoms with Gasteiger partial charge in [-0.1, -0.05) is 35.9 Å². The van der Waals surface area contributed by atoms with Crippen molar-refractivity contribution in [3.05, 3.63) is 64.2 Å². The number of rotatable bonds is 4. The van der Waals surface area contributed by atoms with E-state index in [0.29, 0.717) is 6.54 Å². The second-order valence-corrected chi connectivity index (χ2v) is 5.18. The fourth-order valence-electron chi connectivity index (χ4n) is 2.41. The standard InChI is InChI=1S/C16H19ClN2/c1-11-5-3-6-12(2)16(11)15(10-18)19-14-8-4-7-13(17)9-14/h3-9,15,19H,10,18H2,1-2H3. The maximum absolute atomic E-state index is 6.01. The Bertz CT molecular complexity index is 546. The third-order valence-corrected chi connectivity index (χ3v) is 3.53. The normalized spacial score (nSPS) is 12.2. The van der Waals surface area contributed by atoms with Crippen molar-refractivity contribution in [2.24, 2.45) is 5.73 Å². The number of halogens is 1. The van der Waals surface area contributed by atoms with E-state index in [1.54, 1.807) is 0 Å². The van der Waals surface area contributed by atoms with Gasteiger partial charge in [0.15, 0.2) is 0 Å². The summed E-state index contributed by atoms with van der Waals surface area (Å²) in [4.78, 5) is 0. The summed E-state index contributed by atoms with van der Waals surface area (Å²) >= 11 is 6.01. The van der Waals surface area contributed by atoms with E-state index in [-0.39, 0.29) is 6.04 Å². The van der Waals surface area contributed by atoms with E-state index in [1.807, 2.05) is 24.3 Å². The molecule has 0 fully saturated rings. The van der Waals surface area contributed by atoms with Gasteiger partial charge in [0.05, 0.1) is 6.04 Å². The van der Waals surface area contributed by atoms with Gasteiger partial charge in [0, 0.05) is 17.3 Å². The van der Waals surface area contributed by atoms with Gasteiger partial charge in [0.1, 0.15) is 0 Å². The molecule has 0 saturated carbocycles. The van der Waals surface area contributed by atoms with Gasteiger partial charge in [-0.15, -0.1) is 0 Å². The molecule has 0 aliphatic rings. The fraction of sp³-hybridized carbons (Fsp3) is 0.250. The predicted molar refractivity (Wildman–Crippen MR) is 82.8 cm³/mol. The first-order valence-corrected chi connectivity index (χ1v) is 6.78. The Kier molecular flexibility index (Phi) is 4.46. The molecule has 2 nitrogen and oxygen atoms in total. The highest BCUT2D eigenvalue weighted by atomic mass is 35.5. The van der Waals surface area contributed by atoms with Crippen molar-refractivity contribution in [2.45, 2.75) is 19.9 Å². The Morgan fingerprint density at radius 3 is 2.32 bits per heavy atom. The molecule has 0 heterocycles. The first-order chi connectivity index (χ1) is 9.11. The highest BCUT2D eigenvalue weighted by Crippen LogP contribution is 2.26. The van der Waals surface area contributed by atoms with Crippen molar-refractivity contribution in [3.8, 4) is 0 Å². The maximum Gasteiger partial charge on any atom is 0.0641 e. The summed E-state index contributed by atoms with van der Waals surface area (Å²) in [6, 6.07) is 14.1. The van der Waals surface area contributed by atoms with E-state index in [0.717, 1.165) is 10.7 Å². The van der Waals surface area contributed by atoms with Crippen LogP contribution in [0.5, 0.6) is 0 Å². The number of hydrogen-bond acceptors (Lipinski definition) is 2. The Hall–Kier alpha value is -1.51. The van der Waals surface area contributed by atoms with E-state index in [9.17, 15) is 0 Å². The molecule has 0 aliphatic heterocycles. The second kappa shape index (κ2) is 6.09. The monoisotopic (exact) mass is 274 g/mol. The SMILES string of the molecule is Cc1cccc(C)c1C(CN)Nc1cccc(Cl)c1. The number of hydrogen-bond donors (Lipinski definition) is 2. The molecule has 2 rings (SSSR count). The van der Waals surface area contributed by atoms with Crippen LogP contribution in [0.1, 0.15) is 22.7 Å². The highest BCUT2D eigenvalue weighted by Gasteiger charge is 2.14. The van der Waals surface area contributed by atoms with Crippen LogP contribution in [0.15, 0.2) is 42.5 Å². The van der Waals surface area contributed by atoms with Crippen LogP contribution in [-0.4, -0.2) is 6.54 Å². The Labute approximate surface area is 119 Å². The quantitative estimate of drug-likeness (QED) is 0.882. The summed E-state index contributed by atoms with van der Waals surface area (Å²) in [6.45, 7) is 4.77. The minimum Gasteiger partial charge on any atom is -0.377 e. The third-order valence-electron chi connectivity index (χ3n) is 3.29. The minimum atomic E-state index is 0.0969. The van der Waals surface area contributed by atoms with Crippen LogP contribution in [0.3, 0.4) is 0 Å². The lowest BCUT2D eigenvalue weighted by atomic mass is 9.96. The van der Waals surface area contributed by atoms with E-state index in [1.165, 1.54) is 16.7 Å². The third kappa shape index (κ3) is 3.28. The molecule has 0 bridgehead atoms. The van der Waals surface area contributed by atoms with Gasteiger partial charge in [-0.2, -0.15) is 0 Å². The first-order valence-electron chi connectivity index (χ1n) is 6.40. The Morgan fingerprint density at radius 2 is 1.74 bits per heavy atom. The molecule has 0 radical (unpaired) electrons. The molecule has 0 aliphatic carbocycles. The molecule has 0 saturated heterocycles. The molecule has 19 heavy (non-hydrogen) atoms. The summed E-state index contributed by atoms with van der Waals surface area (Å²) in [6.07, 6.45) is 0. The largest absolute Gasteiger partial charge is 0.377 e. The molecule has 0 spiro atoms. The lowest BCUT2D eigenvalue weighted by Gasteiger charge is -2.22. The van der Waals surface area contributed by atoms with Crippen molar-refractivity contribution in [1.29, 1.82) is 0 Å². The van der Waals surface area contributed by atoms with Crippen LogP contribution < -0.4 is 11.1 Å². The summed E-state index contributed by atoms with van der Waals surface area (Å²) in [7, 11) is 0. The summed E-state index contributed by atoms with van der Waals surface area (Å²) < 4.78 is 0. The topological polar surface area (TPSA) is 38.0 Å². The average molecular weight is 275 g/mol. The molecule has 3 N–H and O–H groups in total. The molecule has 1 unspecified atom stereocenters. The van der Waals surface area contributed by atoms with Crippen LogP contribution in [-0.2, 0) is 0 Å². The number of anilines is 1. The van der Waals surface area contributed by atoms with Crippen molar-refractivity contribution in [1.82, 2.24) is 0 Å². The van der Waals surface area contributed by atoms with Crippen LogP contribution in [0.25, 0.3) is 0 Å². The van der Waals surface area contributed by atoms with Gasteiger partial charge in [-0.25, -0.2) is 0 Å². The van der Waals surface area contributed by atoms with Gasteiger partial charge in [-0.3, -0.25) is 0 Å². The van der Waals surface area contributed by atoms with Crippen LogP contribution in [0, 0.1) is 13.8 Å². The summed E-state index contributed by atoms with van der Waals surface area (Å²) in [5, 5.41) is 4.18. The zero-order valence-corrected chi connectivity index (χ0v) is 12.0. The Balaban J connectivity index is 2.30. The molecule has 3 heteroatoms. The maximum atomic E-state index is 6.01. The van der Waals surface area contributed by atoms with Gasteiger partial charge < -0.3 is 11.1 Å². The first kappa shape index (κ1) is 13.9. The lowest BCUT2D eigenvalue weighted by Crippen LogP contribution is -2.22. The highest BCUT2D eigenvalue weighted by molar-refractivity contribution is 6.30. The van der Waals surface area contributed by atoms with E-state index >= 15 is 0 Å². The number of nitrogens with one attached hydrogen (secondary N) is 1. The molecule has 1 atom stereocenters. The van der Waals surface area contributed by atoms with Crippen molar-refractivity contribution >= 4 is 17.3 Å². The van der Waals surface area contributed by atoms with Gasteiger partial charge in [0.25, 0.3) is 0 Å². The van der Waals surface area contributed by atoms with E-state index in [2.05, 4.69) is 37.4 Å². The fourth-order valence-corrected chi connectivity index (χ4v) is 2.60. The Morgan fingerprint density at radius 1 is 1.11 bits per heavy atom. The number of aryl methyl sites for hydroxylation is 2. The zero-order valence-electron chi connectivity index (χ0n) is 11.3. The molecular weight excluding hydrogens is 256 g/mol. The van der Waals surface area contributed by atoms with Crippen LogP contribution in [0.4, 0.5) is 5.69 Å². The van der Waals surface area contributed by atoms with E-state index in [4.69, 9.17) is 17.3 Å². The predicted octanol–water partition coefficient (Wildman–Crippen LogP) is 4.07. The van der Waals surface area contributed by atoms with Crippen LogP contribution >= 0.6 is 11.6 Å². The van der Waals surface area contributed by atoms with Crippen molar-refractivity contribution in [3.63, 3.8) is 0 Å². The average Bonchev–Trinajstić information content (AvgIpc) is 2.37. The summed E-state index contributed by atoms with van der Waals surface area (Å²) in [5.74, 6) is 0.